The molecule has 0 saturated heterocycles. The maximum atomic E-state index is 12.1. The zero-order valence-corrected chi connectivity index (χ0v) is 13.0. The molecule has 0 heterocycles. The lowest BCUT2D eigenvalue weighted by atomic mass is 10.1. The van der Waals surface area contributed by atoms with Crippen LogP contribution in [0.5, 0.6) is 0 Å². The van der Waals surface area contributed by atoms with E-state index in [0.717, 1.165) is 17.0 Å². The number of nitrogens with one attached hydrogen (secondary N) is 1. The Labute approximate surface area is 130 Å². The first-order chi connectivity index (χ1) is 10.5. The van der Waals surface area contributed by atoms with Crippen molar-refractivity contribution in [3.63, 3.8) is 0 Å². The van der Waals surface area contributed by atoms with E-state index >= 15 is 0 Å². The molecule has 0 fully saturated rings. The monoisotopic (exact) mass is 296 g/mol. The van der Waals surface area contributed by atoms with Crippen molar-refractivity contribution in [3.05, 3.63) is 59.7 Å². The molecule has 5 nitrogen and oxygen atoms in total. The molecule has 0 atom stereocenters. The molecule has 22 heavy (non-hydrogen) atoms. The molecule has 0 radical (unpaired) electrons. The van der Waals surface area contributed by atoms with E-state index in [1.807, 2.05) is 50.2 Å². The fourth-order valence-corrected chi connectivity index (χ4v) is 1.90. The minimum atomic E-state index is -0.236. The molecule has 0 unspecified atom stereocenters. The molecular weight excluding hydrogens is 276 g/mol. The van der Waals surface area contributed by atoms with Gasteiger partial charge in [0, 0.05) is 31.0 Å². The van der Waals surface area contributed by atoms with Crippen LogP contribution in [0.15, 0.2) is 53.6 Å². The number of hydrazone groups is 1. The van der Waals surface area contributed by atoms with Gasteiger partial charge in [0.2, 0.25) is 0 Å². The summed E-state index contributed by atoms with van der Waals surface area (Å²) < 4.78 is 0. The molecule has 0 aliphatic heterocycles. The van der Waals surface area contributed by atoms with E-state index in [-0.39, 0.29) is 5.91 Å². The summed E-state index contributed by atoms with van der Waals surface area (Å²) in [5, 5.41) is 4.12. The van der Waals surface area contributed by atoms with Crippen LogP contribution in [-0.2, 0) is 0 Å². The zero-order valence-electron chi connectivity index (χ0n) is 13.0. The van der Waals surface area contributed by atoms with Crippen LogP contribution in [0.25, 0.3) is 0 Å². The summed E-state index contributed by atoms with van der Waals surface area (Å²) in [5.41, 5.74) is 12.1. The molecule has 2 aromatic rings. The van der Waals surface area contributed by atoms with Crippen molar-refractivity contribution < 1.29 is 4.79 Å². The molecular formula is C17H20N4O. The number of hydrogen-bond donors (Lipinski definition) is 2. The van der Waals surface area contributed by atoms with Gasteiger partial charge < -0.3 is 10.6 Å². The topological polar surface area (TPSA) is 70.7 Å². The Morgan fingerprint density at radius 2 is 1.55 bits per heavy atom. The summed E-state index contributed by atoms with van der Waals surface area (Å²) in [6.07, 6.45) is 0. The van der Waals surface area contributed by atoms with Crippen molar-refractivity contribution >= 4 is 23.0 Å². The van der Waals surface area contributed by atoms with Gasteiger partial charge in [0.05, 0.1) is 5.71 Å². The molecule has 1 amide bonds. The standard InChI is InChI=1S/C17H20N4O/c1-12(13-4-8-15(18)9-5-13)19-20-17(22)14-6-10-16(11-7-14)21(2)3/h4-11H,18H2,1-3H3,(H,20,22). The number of nitrogen functional groups attached to an aromatic ring is 1. The second-order valence-corrected chi connectivity index (χ2v) is 5.20. The maximum Gasteiger partial charge on any atom is 0.271 e. The highest BCUT2D eigenvalue weighted by atomic mass is 16.2. The predicted molar refractivity (Wildman–Crippen MR) is 91.3 cm³/mol. The summed E-state index contributed by atoms with van der Waals surface area (Å²) in [4.78, 5) is 14.0. The summed E-state index contributed by atoms with van der Waals surface area (Å²) in [6.45, 7) is 1.83. The molecule has 114 valence electrons. The molecule has 0 aliphatic carbocycles. The number of nitrogens with two attached hydrogens (primary N) is 1. The SMILES string of the molecule is CC(=NNC(=O)c1ccc(N(C)C)cc1)c1ccc(N)cc1. The van der Waals surface area contributed by atoms with Crippen LogP contribution in [0.4, 0.5) is 11.4 Å². The average Bonchev–Trinajstić information content (AvgIpc) is 2.53. The largest absolute Gasteiger partial charge is 0.399 e. The van der Waals surface area contributed by atoms with Gasteiger partial charge in [0.1, 0.15) is 0 Å². The minimum absolute atomic E-state index is 0.236. The van der Waals surface area contributed by atoms with Crippen LogP contribution in [0, 0.1) is 0 Å². The van der Waals surface area contributed by atoms with E-state index in [1.54, 1.807) is 24.3 Å². The Kier molecular flexibility index (Phi) is 4.78. The predicted octanol–water partition coefficient (Wildman–Crippen LogP) is 2.49. The lowest BCUT2D eigenvalue weighted by Gasteiger charge is -2.12. The molecule has 0 spiro atoms. The van der Waals surface area contributed by atoms with Crippen LogP contribution in [-0.4, -0.2) is 25.7 Å². The first kappa shape index (κ1) is 15.6. The van der Waals surface area contributed by atoms with Crippen molar-refractivity contribution in [1.29, 1.82) is 0 Å². The molecule has 2 aromatic carbocycles. The third-order valence-electron chi connectivity index (χ3n) is 3.30. The van der Waals surface area contributed by atoms with Gasteiger partial charge in [-0.15, -0.1) is 0 Å². The molecule has 5 heteroatoms. The maximum absolute atomic E-state index is 12.1. The van der Waals surface area contributed by atoms with Crippen molar-refractivity contribution in [2.24, 2.45) is 5.10 Å². The van der Waals surface area contributed by atoms with E-state index in [0.29, 0.717) is 11.3 Å². The Hall–Kier alpha value is -2.82. The van der Waals surface area contributed by atoms with Crippen molar-refractivity contribution in [2.75, 3.05) is 24.7 Å². The fourth-order valence-electron chi connectivity index (χ4n) is 1.90. The zero-order chi connectivity index (χ0) is 16.1. The van der Waals surface area contributed by atoms with Gasteiger partial charge in [-0.25, -0.2) is 5.43 Å². The molecule has 0 aromatic heterocycles. The number of carbonyl (C=O) groups excluding carboxylic acids is 1. The fraction of sp³-hybridized carbons (Fsp3) is 0.176. The third kappa shape index (κ3) is 3.85. The summed E-state index contributed by atoms with van der Waals surface area (Å²) >= 11 is 0. The van der Waals surface area contributed by atoms with Crippen molar-refractivity contribution in [1.82, 2.24) is 5.43 Å². The Morgan fingerprint density at radius 3 is 2.09 bits per heavy atom. The van der Waals surface area contributed by atoms with Crippen LogP contribution in [0.2, 0.25) is 0 Å². The highest BCUT2D eigenvalue weighted by molar-refractivity contribution is 6.01. The molecule has 0 aliphatic rings. The van der Waals surface area contributed by atoms with Gasteiger partial charge >= 0.3 is 0 Å². The normalized spacial score (nSPS) is 11.1. The minimum Gasteiger partial charge on any atom is -0.399 e. The van der Waals surface area contributed by atoms with E-state index < -0.39 is 0 Å². The Bertz CT molecular complexity index is 673. The van der Waals surface area contributed by atoms with Gasteiger partial charge in [-0.1, -0.05) is 12.1 Å². The lowest BCUT2D eigenvalue weighted by molar-refractivity contribution is 0.0955. The Morgan fingerprint density at radius 1 is 1.00 bits per heavy atom. The number of carbonyl (C=O) groups is 1. The number of anilines is 2. The first-order valence-electron chi connectivity index (χ1n) is 6.95. The van der Waals surface area contributed by atoms with Gasteiger partial charge in [-0.05, 0) is 48.9 Å². The third-order valence-corrected chi connectivity index (χ3v) is 3.30. The Balaban J connectivity index is 2.05. The summed E-state index contributed by atoms with van der Waals surface area (Å²) in [5.74, 6) is -0.236. The van der Waals surface area contributed by atoms with Crippen molar-refractivity contribution in [2.45, 2.75) is 6.92 Å². The highest BCUT2D eigenvalue weighted by Crippen LogP contribution is 2.12. The number of amides is 1. The quantitative estimate of drug-likeness (QED) is 0.517. The van der Waals surface area contributed by atoms with Gasteiger partial charge in [0.15, 0.2) is 0 Å². The molecule has 3 N–H and O–H groups in total. The first-order valence-corrected chi connectivity index (χ1v) is 6.95. The number of nitrogens with zero attached hydrogens (tertiary/aromatic N) is 2. The number of rotatable bonds is 4. The second kappa shape index (κ2) is 6.76. The van der Waals surface area contributed by atoms with E-state index in [4.69, 9.17) is 5.73 Å². The number of hydrogen-bond acceptors (Lipinski definition) is 4. The lowest BCUT2D eigenvalue weighted by Crippen LogP contribution is -2.19. The molecule has 2 rings (SSSR count). The van der Waals surface area contributed by atoms with Crippen LogP contribution < -0.4 is 16.1 Å². The molecule has 0 saturated carbocycles. The summed E-state index contributed by atoms with van der Waals surface area (Å²) in [7, 11) is 3.91. The van der Waals surface area contributed by atoms with Crippen molar-refractivity contribution in [3.8, 4) is 0 Å². The highest BCUT2D eigenvalue weighted by Gasteiger charge is 2.05. The van der Waals surface area contributed by atoms with E-state index in [1.165, 1.54) is 0 Å². The van der Waals surface area contributed by atoms with Crippen LogP contribution in [0.1, 0.15) is 22.8 Å². The van der Waals surface area contributed by atoms with E-state index in [9.17, 15) is 4.79 Å². The molecule has 0 bridgehead atoms. The van der Waals surface area contributed by atoms with Crippen LogP contribution in [0.3, 0.4) is 0 Å². The number of benzene rings is 2. The van der Waals surface area contributed by atoms with Gasteiger partial charge in [-0.3, -0.25) is 4.79 Å². The summed E-state index contributed by atoms with van der Waals surface area (Å²) in [6, 6.07) is 14.7. The van der Waals surface area contributed by atoms with Gasteiger partial charge in [0.25, 0.3) is 5.91 Å². The van der Waals surface area contributed by atoms with Crippen LogP contribution >= 0.6 is 0 Å². The second-order valence-electron chi connectivity index (χ2n) is 5.20. The average molecular weight is 296 g/mol. The van der Waals surface area contributed by atoms with Gasteiger partial charge in [-0.2, -0.15) is 5.10 Å². The smallest absolute Gasteiger partial charge is 0.271 e. The van der Waals surface area contributed by atoms with E-state index in [2.05, 4.69) is 10.5 Å².